The standard InChI is InChI=1S/C16H19N3O.2C2HF3O2/c17-13-5-1-3-11(9-13)16(20)19-15-6-2-4-12-10-18-8-7-14(12)15;2*3-2(4,5)1(6)7/h2,4,6-8,10-11,13H,1,3,5,9,17H2,(H,19,20);2*(H,6,7)/t11-,13-;;/m0../s1. The molecule has 5 N–H and O–H groups in total. The van der Waals surface area contributed by atoms with Crippen LogP contribution < -0.4 is 11.1 Å². The Bertz CT molecular complexity index is 967. The zero-order chi connectivity index (χ0) is 26.1. The summed E-state index contributed by atoms with van der Waals surface area (Å²) in [5.41, 5.74) is 6.81. The lowest BCUT2D eigenvalue weighted by Crippen LogP contribution is -2.34. The second-order valence-electron chi connectivity index (χ2n) is 7.12. The Morgan fingerprint density at radius 3 is 2.03 bits per heavy atom. The monoisotopic (exact) mass is 497 g/mol. The van der Waals surface area contributed by atoms with Gasteiger partial charge in [-0.1, -0.05) is 18.6 Å². The first-order valence-electron chi connectivity index (χ1n) is 9.62. The highest BCUT2D eigenvalue weighted by atomic mass is 19.4. The molecule has 1 aromatic heterocycles. The summed E-state index contributed by atoms with van der Waals surface area (Å²) >= 11 is 0. The van der Waals surface area contributed by atoms with Crippen LogP contribution >= 0.6 is 0 Å². The van der Waals surface area contributed by atoms with Crippen molar-refractivity contribution in [2.75, 3.05) is 5.32 Å². The van der Waals surface area contributed by atoms with Gasteiger partial charge >= 0.3 is 24.3 Å². The predicted octanol–water partition coefficient (Wildman–Crippen LogP) is 3.96. The lowest BCUT2D eigenvalue weighted by Gasteiger charge is -2.25. The van der Waals surface area contributed by atoms with Crippen molar-refractivity contribution in [3.8, 4) is 0 Å². The SMILES string of the molecule is N[C@H]1CCC[C@H](C(=O)Nc2cccc3cnccc23)C1.O=C(O)C(F)(F)F.O=C(O)C(F)(F)F. The third kappa shape index (κ3) is 9.60. The smallest absolute Gasteiger partial charge is 0.475 e. The first-order valence-corrected chi connectivity index (χ1v) is 9.62. The Kier molecular flexibility index (Phi) is 10.2. The van der Waals surface area contributed by atoms with Gasteiger partial charge in [0.2, 0.25) is 5.91 Å². The highest BCUT2D eigenvalue weighted by Gasteiger charge is 2.38. The topological polar surface area (TPSA) is 143 Å². The van der Waals surface area contributed by atoms with Crippen molar-refractivity contribution in [2.45, 2.75) is 44.1 Å². The van der Waals surface area contributed by atoms with Crippen molar-refractivity contribution < 1.29 is 50.9 Å². The molecule has 1 heterocycles. The van der Waals surface area contributed by atoms with Crippen LogP contribution in [0.4, 0.5) is 32.0 Å². The van der Waals surface area contributed by atoms with Crippen LogP contribution in [-0.2, 0) is 14.4 Å². The van der Waals surface area contributed by atoms with Gasteiger partial charge in [0, 0.05) is 40.8 Å². The van der Waals surface area contributed by atoms with Gasteiger partial charge in [-0.2, -0.15) is 26.3 Å². The van der Waals surface area contributed by atoms with Crippen LogP contribution in [-0.4, -0.2) is 51.4 Å². The second-order valence-corrected chi connectivity index (χ2v) is 7.12. The van der Waals surface area contributed by atoms with Crippen LogP contribution in [0.3, 0.4) is 0 Å². The number of hydrogen-bond donors (Lipinski definition) is 4. The summed E-state index contributed by atoms with van der Waals surface area (Å²) in [6, 6.07) is 7.96. The highest BCUT2D eigenvalue weighted by molar-refractivity contribution is 6.02. The van der Waals surface area contributed by atoms with E-state index in [0.29, 0.717) is 0 Å². The molecule has 8 nitrogen and oxygen atoms in total. The van der Waals surface area contributed by atoms with E-state index in [2.05, 4.69) is 10.3 Å². The number of carboxylic acid groups (broad SMARTS) is 2. The molecular weight excluding hydrogens is 476 g/mol. The maximum absolute atomic E-state index is 12.4. The number of carbonyl (C=O) groups is 3. The zero-order valence-corrected chi connectivity index (χ0v) is 17.4. The fourth-order valence-corrected chi connectivity index (χ4v) is 2.93. The van der Waals surface area contributed by atoms with E-state index in [9.17, 15) is 31.1 Å². The van der Waals surface area contributed by atoms with E-state index in [1.54, 1.807) is 6.20 Å². The number of benzene rings is 1. The molecule has 0 spiro atoms. The summed E-state index contributed by atoms with van der Waals surface area (Å²) in [5.74, 6) is -5.39. The largest absolute Gasteiger partial charge is 0.490 e. The minimum atomic E-state index is -5.08. The van der Waals surface area contributed by atoms with Crippen molar-refractivity contribution in [3.63, 3.8) is 0 Å². The molecule has 0 saturated heterocycles. The predicted molar refractivity (Wildman–Crippen MR) is 108 cm³/mol. The molecule has 34 heavy (non-hydrogen) atoms. The van der Waals surface area contributed by atoms with Crippen LogP contribution in [0, 0.1) is 5.92 Å². The number of aliphatic carboxylic acids is 2. The van der Waals surface area contributed by atoms with E-state index in [1.807, 2.05) is 30.5 Å². The lowest BCUT2D eigenvalue weighted by molar-refractivity contribution is -0.193. The molecule has 1 saturated carbocycles. The third-order valence-corrected chi connectivity index (χ3v) is 4.51. The second kappa shape index (κ2) is 12.2. The molecule has 1 aliphatic carbocycles. The number of carbonyl (C=O) groups excluding carboxylic acids is 1. The lowest BCUT2D eigenvalue weighted by atomic mass is 9.85. The first-order chi connectivity index (χ1) is 15.6. The normalized spacial score (nSPS) is 18.0. The van der Waals surface area contributed by atoms with Crippen molar-refractivity contribution in [3.05, 3.63) is 36.7 Å². The molecule has 1 aliphatic rings. The average Bonchev–Trinajstić information content (AvgIpc) is 2.73. The molecule has 1 amide bonds. The molecular formula is C20H21F6N3O5. The molecule has 2 aromatic rings. The molecule has 0 aliphatic heterocycles. The Labute approximate surface area is 188 Å². The number of rotatable bonds is 2. The summed E-state index contributed by atoms with van der Waals surface area (Å²) in [4.78, 5) is 34.3. The number of pyridine rings is 1. The summed E-state index contributed by atoms with van der Waals surface area (Å²) in [6.45, 7) is 0. The van der Waals surface area contributed by atoms with E-state index >= 15 is 0 Å². The fourth-order valence-electron chi connectivity index (χ4n) is 2.93. The van der Waals surface area contributed by atoms with Crippen LogP contribution in [0.15, 0.2) is 36.7 Å². The number of carboxylic acids is 2. The maximum Gasteiger partial charge on any atom is 0.490 e. The Balaban J connectivity index is 0.000000343. The van der Waals surface area contributed by atoms with Gasteiger partial charge in [-0.3, -0.25) is 9.78 Å². The minimum absolute atomic E-state index is 0.0378. The molecule has 14 heteroatoms. The van der Waals surface area contributed by atoms with E-state index in [0.717, 1.165) is 42.1 Å². The van der Waals surface area contributed by atoms with Crippen LogP contribution in [0.1, 0.15) is 25.7 Å². The molecule has 1 fully saturated rings. The number of anilines is 1. The summed E-state index contributed by atoms with van der Waals surface area (Å²) in [6.07, 6.45) is -2.82. The van der Waals surface area contributed by atoms with Crippen molar-refractivity contribution >= 4 is 34.3 Å². The number of aromatic nitrogens is 1. The number of halogens is 6. The number of hydrogen-bond acceptors (Lipinski definition) is 5. The highest BCUT2D eigenvalue weighted by Crippen LogP contribution is 2.27. The maximum atomic E-state index is 12.4. The summed E-state index contributed by atoms with van der Waals surface area (Å²) in [5, 5.41) is 19.4. The van der Waals surface area contributed by atoms with Gasteiger partial charge in [-0.05, 0) is 31.4 Å². The van der Waals surface area contributed by atoms with Crippen LogP contribution in [0.5, 0.6) is 0 Å². The first kappa shape index (κ1) is 28.6. The fraction of sp³-hybridized carbons (Fsp3) is 0.400. The van der Waals surface area contributed by atoms with Gasteiger partial charge in [-0.25, -0.2) is 9.59 Å². The van der Waals surface area contributed by atoms with E-state index in [1.165, 1.54) is 0 Å². The van der Waals surface area contributed by atoms with E-state index in [-0.39, 0.29) is 17.9 Å². The van der Waals surface area contributed by atoms with E-state index < -0.39 is 24.3 Å². The van der Waals surface area contributed by atoms with Gasteiger partial charge in [0.1, 0.15) is 0 Å². The third-order valence-electron chi connectivity index (χ3n) is 4.51. The Morgan fingerprint density at radius 2 is 1.53 bits per heavy atom. The average molecular weight is 497 g/mol. The quantitative estimate of drug-likeness (QED) is 0.460. The number of fused-ring (bicyclic) bond motifs is 1. The Morgan fingerprint density at radius 1 is 0.971 bits per heavy atom. The number of alkyl halides is 6. The molecule has 0 bridgehead atoms. The van der Waals surface area contributed by atoms with Crippen LogP contribution in [0.2, 0.25) is 0 Å². The molecule has 2 atom stereocenters. The molecule has 1 aromatic carbocycles. The van der Waals surface area contributed by atoms with Crippen molar-refractivity contribution in [1.29, 1.82) is 0 Å². The van der Waals surface area contributed by atoms with Gasteiger partial charge < -0.3 is 21.3 Å². The zero-order valence-electron chi connectivity index (χ0n) is 17.4. The minimum Gasteiger partial charge on any atom is -0.475 e. The van der Waals surface area contributed by atoms with E-state index in [4.69, 9.17) is 25.5 Å². The number of nitrogens with two attached hydrogens (primary N) is 1. The number of amides is 1. The van der Waals surface area contributed by atoms with Gasteiger partial charge in [0.25, 0.3) is 0 Å². The summed E-state index contributed by atoms with van der Waals surface area (Å²) in [7, 11) is 0. The molecule has 0 radical (unpaired) electrons. The molecule has 0 unspecified atom stereocenters. The van der Waals surface area contributed by atoms with Crippen molar-refractivity contribution in [2.24, 2.45) is 11.7 Å². The van der Waals surface area contributed by atoms with Gasteiger partial charge in [-0.15, -0.1) is 0 Å². The van der Waals surface area contributed by atoms with Gasteiger partial charge in [0.15, 0.2) is 0 Å². The Hall–Kier alpha value is -3.42. The van der Waals surface area contributed by atoms with Gasteiger partial charge in [0.05, 0.1) is 0 Å². The molecule has 188 valence electrons. The number of nitrogens with one attached hydrogen (secondary N) is 1. The van der Waals surface area contributed by atoms with Crippen LogP contribution in [0.25, 0.3) is 10.8 Å². The summed E-state index contributed by atoms with van der Waals surface area (Å²) < 4.78 is 63.5. The molecule has 3 rings (SSSR count). The number of nitrogens with zero attached hydrogens (tertiary/aromatic N) is 1. The van der Waals surface area contributed by atoms with Crippen molar-refractivity contribution in [1.82, 2.24) is 4.98 Å².